The van der Waals surface area contributed by atoms with E-state index in [0.717, 1.165) is 16.7 Å². The number of carbonyl (C=O) groups excluding carboxylic acids is 2. The summed E-state index contributed by atoms with van der Waals surface area (Å²) in [6.45, 7) is 7.28. The molecule has 0 aromatic heterocycles. The van der Waals surface area contributed by atoms with Crippen molar-refractivity contribution in [2.45, 2.75) is 32.6 Å². The van der Waals surface area contributed by atoms with Gasteiger partial charge in [0, 0.05) is 16.8 Å². The number of aryl methyl sites for hydroxylation is 4. The summed E-state index contributed by atoms with van der Waals surface area (Å²) in [5.41, 5.74) is 8.96. The van der Waals surface area contributed by atoms with Crippen molar-refractivity contribution in [1.29, 1.82) is 0 Å². The Kier molecular flexibility index (Phi) is 6.64. The predicted molar refractivity (Wildman–Crippen MR) is 124 cm³/mol. The quantitative estimate of drug-likeness (QED) is 0.513. The van der Waals surface area contributed by atoms with Crippen molar-refractivity contribution in [3.05, 3.63) is 94.0 Å². The van der Waals surface area contributed by atoms with E-state index in [0.29, 0.717) is 16.8 Å². The Morgan fingerprint density at radius 1 is 0.688 bits per heavy atom. The summed E-state index contributed by atoms with van der Waals surface area (Å²) in [4.78, 5) is 24.9. The highest BCUT2D eigenvalue weighted by Gasteiger charge is 2.20. The van der Waals surface area contributed by atoms with Gasteiger partial charge in [-0.05, 0) is 69.2 Å². The monoisotopic (exact) mass is 451 g/mol. The summed E-state index contributed by atoms with van der Waals surface area (Å²) in [6.07, 6.45) is 0. The number of rotatable bonds is 5. The van der Waals surface area contributed by atoms with Crippen LogP contribution in [0.1, 0.15) is 43.0 Å². The Morgan fingerprint density at radius 2 is 1.31 bits per heavy atom. The second-order valence-electron chi connectivity index (χ2n) is 7.68. The molecule has 3 rings (SSSR count). The maximum Gasteiger partial charge on any atom is 0.269 e. The average Bonchev–Trinajstić information content (AvgIpc) is 2.73. The highest BCUT2D eigenvalue weighted by molar-refractivity contribution is 7.92. The number of anilines is 1. The van der Waals surface area contributed by atoms with Gasteiger partial charge in [-0.25, -0.2) is 8.42 Å². The van der Waals surface area contributed by atoms with E-state index >= 15 is 0 Å². The van der Waals surface area contributed by atoms with E-state index in [1.54, 1.807) is 43.3 Å². The van der Waals surface area contributed by atoms with Crippen molar-refractivity contribution >= 4 is 27.5 Å². The molecular formula is C24H25N3O4S. The van der Waals surface area contributed by atoms with E-state index in [1.807, 2.05) is 32.9 Å². The fraction of sp³-hybridized carbons (Fsp3) is 0.167. The molecule has 0 radical (unpaired) electrons. The predicted octanol–water partition coefficient (Wildman–Crippen LogP) is 3.80. The lowest BCUT2D eigenvalue weighted by Crippen LogP contribution is -2.42. The van der Waals surface area contributed by atoms with Gasteiger partial charge in [0.1, 0.15) is 0 Å². The van der Waals surface area contributed by atoms with Crippen molar-refractivity contribution in [1.82, 2.24) is 10.9 Å². The van der Waals surface area contributed by atoms with Gasteiger partial charge in [-0.15, -0.1) is 0 Å². The van der Waals surface area contributed by atoms with Crippen LogP contribution in [-0.2, 0) is 10.0 Å². The first-order valence-electron chi connectivity index (χ1n) is 9.95. The van der Waals surface area contributed by atoms with E-state index in [9.17, 15) is 18.0 Å². The highest BCUT2D eigenvalue weighted by Crippen LogP contribution is 2.21. The second-order valence-corrected chi connectivity index (χ2v) is 9.33. The van der Waals surface area contributed by atoms with Gasteiger partial charge in [0.2, 0.25) is 0 Å². The van der Waals surface area contributed by atoms with Gasteiger partial charge < -0.3 is 0 Å². The normalized spacial score (nSPS) is 11.0. The number of hydrogen-bond donors (Lipinski definition) is 3. The fourth-order valence-corrected chi connectivity index (χ4v) is 4.51. The van der Waals surface area contributed by atoms with E-state index in [2.05, 4.69) is 15.6 Å². The van der Waals surface area contributed by atoms with E-state index in [4.69, 9.17) is 0 Å². The number of amides is 2. The summed E-state index contributed by atoms with van der Waals surface area (Å²) in [5.74, 6) is -1.09. The largest absolute Gasteiger partial charge is 0.280 e. The fourth-order valence-electron chi connectivity index (χ4n) is 3.18. The van der Waals surface area contributed by atoms with Crippen molar-refractivity contribution < 1.29 is 18.0 Å². The molecule has 3 aromatic rings. The zero-order valence-electron chi connectivity index (χ0n) is 18.3. The number of benzene rings is 3. The Labute approximate surface area is 187 Å². The second kappa shape index (κ2) is 9.23. The van der Waals surface area contributed by atoms with Crippen molar-refractivity contribution in [2.24, 2.45) is 0 Å². The highest BCUT2D eigenvalue weighted by atomic mass is 32.2. The van der Waals surface area contributed by atoms with Crippen molar-refractivity contribution in [3.63, 3.8) is 0 Å². The molecule has 166 valence electrons. The maximum absolute atomic E-state index is 12.9. The number of carbonyl (C=O) groups is 2. The van der Waals surface area contributed by atoms with Gasteiger partial charge >= 0.3 is 0 Å². The van der Waals surface area contributed by atoms with Gasteiger partial charge in [-0.3, -0.25) is 25.2 Å². The molecule has 2 amide bonds. The van der Waals surface area contributed by atoms with Crippen LogP contribution >= 0.6 is 0 Å². The standard InChI is InChI=1S/C24H25N3O4S/c1-15-5-10-20(11-6-15)27-32(30,31)22-14-19(9-8-17(22)3)23(28)25-26-24(29)21-12-7-16(2)13-18(21)4/h5-14,27H,1-4H3,(H,25,28)(H,26,29). The number of hydrazine groups is 1. The van der Waals surface area contributed by atoms with E-state index in [-0.39, 0.29) is 10.5 Å². The summed E-state index contributed by atoms with van der Waals surface area (Å²) in [5, 5.41) is 0. The molecule has 0 aliphatic carbocycles. The molecule has 0 heterocycles. The molecule has 0 unspecified atom stereocenters. The summed E-state index contributed by atoms with van der Waals surface area (Å²) in [7, 11) is -3.91. The van der Waals surface area contributed by atoms with Crippen LogP contribution in [0.4, 0.5) is 5.69 Å². The van der Waals surface area contributed by atoms with Crippen LogP contribution in [0.25, 0.3) is 0 Å². The molecule has 0 spiro atoms. The first kappa shape index (κ1) is 23.0. The first-order chi connectivity index (χ1) is 15.1. The lowest BCUT2D eigenvalue weighted by atomic mass is 10.1. The summed E-state index contributed by atoms with van der Waals surface area (Å²) in [6, 6.07) is 16.6. The Hall–Kier alpha value is -3.65. The van der Waals surface area contributed by atoms with Crippen molar-refractivity contribution in [3.8, 4) is 0 Å². The number of nitrogens with one attached hydrogen (secondary N) is 3. The molecular weight excluding hydrogens is 426 g/mol. The van der Waals surface area contributed by atoms with Crippen LogP contribution < -0.4 is 15.6 Å². The van der Waals surface area contributed by atoms with Crippen molar-refractivity contribution in [2.75, 3.05) is 4.72 Å². The SMILES string of the molecule is Cc1ccc(NS(=O)(=O)c2cc(C(=O)NNC(=O)c3ccc(C)cc3C)ccc2C)cc1. The first-order valence-corrected chi connectivity index (χ1v) is 11.4. The van der Waals surface area contributed by atoms with Gasteiger partial charge in [0.15, 0.2) is 0 Å². The lowest BCUT2D eigenvalue weighted by Gasteiger charge is -2.13. The molecule has 0 fully saturated rings. The van der Waals surface area contributed by atoms with Gasteiger partial charge in [-0.1, -0.05) is 41.5 Å². The van der Waals surface area contributed by atoms with Crippen LogP contribution in [-0.4, -0.2) is 20.2 Å². The number of hydrogen-bond acceptors (Lipinski definition) is 4. The number of sulfonamides is 1. The maximum atomic E-state index is 12.9. The molecule has 0 saturated heterocycles. The minimum atomic E-state index is -3.91. The van der Waals surface area contributed by atoms with Gasteiger partial charge in [-0.2, -0.15) is 0 Å². The summed E-state index contributed by atoms with van der Waals surface area (Å²) >= 11 is 0. The van der Waals surface area contributed by atoms with E-state index < -0.39 is 21.8 Å². The molecule has 32 heavy (non-hydrogen) atoms. The molecule has 0 bridgehead atoms. The molecule has 0 atom stereocenters. The van der Waals surface area contributed by atoms with E-state index in [1.165, 1.54) is 12.1 Å². The zero-order chi connectivity index (χ0) is 23.5. The molecule has 0 aliphatic heterocycles. The Bertz CT molecular complexity index is 1280. The minimum Gasteiger partial charge on any atom is -0.280 e. The third kappa shape index (κ3) is 5.33. The van der Waals surface area contributed by atoms with Crippen LogP contribution in [0, 0.1) is 27.7 Å². The Morgan fingerprint density at radius 3 is 1.97 bits per heavy atom. The third-order valence-corrected chi connectivity index (χ3v) is 6.48. The van der Waals surface area contributed by atoms with Crippen LogP contribution in [0.15, 0.2) is 65.6 Å². The summed E-state index contributed by atoms with van der Waals surface area (Å²) < 4.78 is 28.3. The molecule has 0 saturated carbocycles. The molecule has 0 aliphatic rings. The Balaban J connectivity index is 1.76. The smallest absolute Gasteiger partial charge is 0.269 e. The molecule has 3 N–H and O–H groups in total. The molecule has 8 heteroatoms. The van der Waals surface area contributed by atoms with Crippen LogP contribution in [0.2, 0.25) is 0 Å². The van der Waals surface area contributed by atoms with Crippen LogP contribution in [0.5, 0.6) is 0 Å². The van der Waals surface area contributed by atoms with Crippen LogP contribution in [0.3, 0.4) is 0 Å². The zero-order valence-corrected chi connectivity index (χ0v) is 19.1. The lowest BCUT2D eigenvalue weighted by molar-refractivity contribution is 0.0846. The minimum absolute atomic E-state index is 0.0218. The third-order valence-electron chi connectivity index (χ3n) is 4.96. The molecule has 7 nitrogen and oxygen atoms in total. The topological polar surface area (TPSA) is 104 Å². The average molecular weight is 452 g/mol. The molecule has 3 aromatic carbocycles. The van der Waals surface area contributed by atoms with Gasteiger partial charge in [0.25, 0.3) is 21.8 Å². The van der Waals surface area contributed by atoms with Gasteiger partial charge in [0.05, 0.1) is 4.90 Å².